The lowest BCUT2D eigenvalue weighted by atomic mass is 9.84. The number of para-hydroxylation sites is 4. The fraction of sp³-hybridized carbons (Fsp3) is 0.0847. The van der Waals surface area contributed by atoms with Crippen LogP contribution < -0.4 is 30.5 Å². The molecule has 2 aliphatic rings. The highest BCUT2D eigenvalue weighted by atomic mass is 28.3. The van der Waals surface area contributed by atoms with Gasteiger partial charge >= 0.3 is 0 Å². The van der Waals surface area contributed by atoms with Gasteiger partial charge in [0.15, 0.2) is 0 Å². The maximum Gasteiger partial charge on any atom is 0.117 e. The molecule has 2 aliphatic heterocycles. The smallest absolute Gasteiger partial charge is 0.117 e. The highest BCUT2D eigenvalue weighted by Gasteiger charge is 2.40. The summed E-state index contributed by atoms with van der Waals surface area (Å²) in [5, 5.41) is 13.4. The lowest BCUT2D eigenvalue weighted by Crippen LogP contribution is -2.58. The maximum absolute atomic E-state index is 2.53. The summed E-state index contributed by atoms with van der Waals surface area (Å²) in [6.45, 7) is 12.2. The highest BCUT2D eigenvalue weighted by Crippen LogP contribution is 2.50. The zero-order chi connectivity index (χ0) is 42.6. The van der Waals surface area contributed by atoms with Crippen LogP contribution in [0.5, 0.6) is 0 Å². The average Bonchev–Trinajstić information content (AvgIpc) is 3.31. The molecule has 4 heteroatoms. The predicted octanol–water partition coefficient (Wildman–Crippen LogP) is 14.0. The van der Waals surface area contributed by atoms with E-state index >= 15 is 0 Å². The molecule has 2 heterocycles. The van der Waals surface area contributed by atoms with Gasteiger partial charge in [0, 0.05) is 34.1 Å². The molecule has 12 rings (SSSR count). The van der Waals surface area contributed by atoms with Crippen molar-refractivity contribution in [3.8, 4) is 22.3 Å². The standard InChI is InChI=1S/C59H48N2Si2/c1-39-29-31-41(32-30-39)58-46-35-33-43(61-52-23-10-14-27-56(52)63(4,5)57-28-15-11-24-53(57)61)38-49(46)59(45-20-16-18-40-17-6-7-19-44(40)45)47-36-34-42(37-48(47)58)60-50-21-8-12-25-54(50)62(2,3)55-26-13-9-22-51(55)60/h6-38H,1-5H3. The minimum absolute atomic E-state index is 1.17. The minimum atomic E-state index is -1.96. The number of rotatable bonds is 4. The summed E-state index contributed by atoms with van der Waals surface area (Å²) in [6.07, 6.45) is 0. The first kappa shape index (κ1) is 37.7. The second-order valence-electron chi connectivity index (χ2n) is 18.6. The first-order chi connectivity index (χ1) is 30.7. The van der Waals surface area contributed by atoms with E-state index in [4.69, 9.17) is 0 Å². The molecular weight excluding hydrogens is 793 g/mol. The van der Waals surface area contributed by atoms with Crippen LogP contribution in [0.25, 0.3) is 54.6 Å². The van der Waals surface area contributed by atoms with Crippen LogP contribution in [0.2, 0.25) is 26.2 Å². The van der Waals surface area contributed by atoms with Crippen LogP contribution in [-0.2, 0) is 0 Å². The maximum atomic E-state index is 2.53. The number of anilines is 6. The Morgan fingerprint density at radius 1 is 0.333 bits per heavy atom. The van der Waals surface area contributed by atoms with Gasteiger partial charge < -0.3 is 9.80 Å². The average molecular weight is 841 g/mol. The van der Waals surface area contributed by atoms with Crippen molar-refractivity contribution in [3.63, 3.8) is 0 Å². The second-order valence-corrected chi connectivity index (χ2v) is 27.2. The Bertz CT molecular complexity index is 3390. The first-order valence-electron chi connectivity index (χ1n) is 22.3. The molecule has 0 fully saturated rings. The number of nitrogens with zero attached hydrogens (tertiary/aromatic N) is 2. The van der Waals surface area contributed by atoms with Crippen LogP contribution in [0.15, 0.2) is 200 Å². The Morgan fingerprint density at radius 3 is 1.25 bits per heavy atom. The summed E-state index contributed by atoms with van der Waals surface area (Å²) < 4.78 is 0. The molecule has 2 nitrogen and oxygen atoms in total. The van der Waals surface area contributed by atoms with Gasteiger partial charge in [-0.2, -0.15) is 0 Å². The number of hydrogen-bond acceptors (Lipinski definition) is 2. The normalized spacial score (nSPS) is 14.6. The van der Waals surface area contributed by atoms with Crippen LogP contribution in [0.4, 0.5) is 34.1 Å². The molecule has 0 unspecified atom stereocenters. The third-order valence-electron chi connectivity index (χ3n) is 14.3. The summed E-state index contributed by atoms with van der Waals surface area (Å²) in [4.78, 5) is 5.06. The van der Waals surface area contributed by atoms with Crippen molar-refractivity contribution in [3.05, 3.63) is 206 Å². The number of hydrogen-bond donors (Lipinski definition) is 0. The van der Waals surface area contributed by atoms with Crippen LogP contribution >= 0.6 is 0 Å². The predicted molar refractivity (Wildman–Crippen MR) is 277 cm³/mol. The van der Waals surface area contributed by atoms with Gasteiger partial charge in [-0.3, -0.25) is 0 Å². The Hall–Kier alpha value is -6.99. The molecule has 0 saturated heterocycles. The van der Waals surface area contributed by atoms with Gasteiger partial charge in [0.1, 0.15) is 16.1 Å². The SMILES string of the molecule is Cc1ccc(-c2c3cc(N4c5ccccc5[Si](C)(C)c5ccccc54)ccc3c(-c3cccc4ccccc34)c3cc(N4c5ccccc5[Si](C)(C)c5ccccc54)ccc23)cc1. The van der Waals surface area contributed by atoms with Crippen molar-refractivity contribution in [2.45, 2.75) is 33.1 Å². The highest BCUT2D eigenvalue weighted by molar-refractivity contribution is 7.03. The van der Waals surface area contributed by atoms with E-state index in [-0.39, 0.29) is 0 Å². The molecule has 0 N–H and O–H groups in total. The van der Waals surface area contributed by atoms with Gasteiger partial charge in [-0.1, -0.05) is 183 Å². The van der Waals surface area contributed by atoms with Crippen molar-refractivity contribution < 1.29 is 0 Å². The van der Waals surface area contributed by atoms with Crippen LogP contribution in [0.1, 0.15) is 5.56 Å². The van der Waals surface area contributed by atoms with Crippen molar-refractivity contribution in [1.29, 1.82) is 0 Å². The van der Waals surface area contributed by atoms with E-state index in [0.29, 0.717) is 0 Å². The lowest BCUT2D eigenvalue weighted by Gasteiger charge is -2.41. The summed E-state index contributed by atoms with van der Waals surface area (Å²) >= 11 is 0. The number of benzene rings is 10. The Balaban J connectivity index is 1.20. The molecule has 0 spiro atoms. The van der Waals surface area contributed by atoms with Gasteiger partial charge in [-0.15, -0.1) is 0 Å². The van der Waals surface area contributed by atoms with E-state index in [2.05, 4.69) is 243 Å². The van der Waals surface area contributed by atoms with Crippen LogP contribution in [0.3, 0.4) is 0 Å². The van der Waals surface area contributed by atoms with Crippen molar-refractivity contribution >= 4 is 103 Å². The molecular formula is C59H48N2Si2. The molecule has 0 aromatic heterocycles. The Morgan fingerprint density at radius 2 is 0.746 bits per heavy atom. The molecule has 0 radical (unpaired) electrons. The molecule has 63 heavy (non-hydrogen) atoms. The van der Waals surface area contributed by atoms with Gasteiger partial charge in [0.2, 0.25) is 0 Å². The summed E-state index contributed by atoms with van der Waals surface area (Å²) in [7, 11) is -3.92. The van der Waals surface area contributed by atoms with E-state index in [0.717, 1.165) is 0 Å². The summed E-state index contributed by atoms with van der Waals surface area (Å²) in [6, 6.07) is 76.0. The van der Waals surface area contributed by atoms with E-state index in [1.165, 1.54) is 115 Å². The van der Waals surface area contributed by atoms with Crippen LogP contribution in [0, 0.1) is 6.92 Å². The minimum Gasteiger partial charge on any atom is -0.311 e. The fourth-order valence-corrected chi connectivity index (χ4v) is 17.1. The quantitative estimate of drug-likeness (QED) is 0.129. The zero-order valence-electron chi connectivity index (χ0n) is 36.4. The van der Waals surface area contributed by atoms with Crippen molar-refractivity contribution in [2.24, 2.45) is 0 Å². The van der Waals surface area contributed by atoms with E-state index < -0.39 is 16.1 Å². The molecule has 0 bridgehead atoms. The first-order valence-corrected chi connectivity index (χ1v) is 28.3. The zero-order valence-corrected chi connectivity index (χ0v) is 38.4. The molecule has 0 aliphatic carbocycles. The van der Waals surface area contributed by atoms with E-state index in [1.807, 2.05) is 0 Å². The van der Waals surface area contributed by atoms with E-state index in [1.54, 1.807) is 0 Å². The topological polar surface area (TPSA) is 6.48 Å². The van der Waals surface area contributed by atoms with Gasteiger partial charge in [-0.05, 0) is 131 Å². The van der Waals surface area contributed by atoms with Gasteiger partial charge in [-0.25, -0.2) is 0 Å². The number of aryl methyl sites for hydroxylation is 1. The molecule has 10 aromatic rings. The Kier molecular flexibility index (Phi) is 8.40. The third kappa shape index (κ3) is 5.61. The fourth-order valence-electron chi connectivity index (χ4n) is 11.1. The molecule has 10 aromatic carbocycles. The third-order valence-corrected chi connectivity index (χ3v) is 21.4. The molecule has 0 saturated carbocycles. The van der Waals surface area contributed by atoms with E-state index in [9.17, 15) is 0 Å². The van der Waals surface area contributed by atoms with Gasteiger partial charge in [0.05, 0.1) is 0 Å². The second kappa shape index (κ2) is 14.0. The summed E-state index contributed by atoms with van der Waals surface area (Å²) in [5.74, 6) is 0. The summed E-state index contributed by atoms with van der Waals surface area (Å²) in [5.41, 5.74) is 13.8. The lowest BCUT2D eigenvalue weighted by molar-refractivity contribution is 1.29. The van der Waals surface area contributed by atoms with Crippen LogP contribution in [-0.4, -0.2) is 16.1 Å². The molecule has 302 valence electrons. The Labute approximate surface area is 372 Å². The van der Waals surface area contributed by atoms with Gasteiger partial charge in [0.25, 0.3) is 0 Å². The monoisotopic (exact) mass is 840 g/mol. The van der Waals surface area contributed by atoms with Crippen molar-refractivity contribution in [2.75, 3.05) is 9.80 Å². The van der Waals surface area contributed by atoms with Crippen molar-refractivity contribution in [1.82, 2.24) is 0 Å². The molecule has 0 amide bonds. The number of fused-ring (bicyclic) bond motifs is 7. The molecule has 0 atom stereocenters. The largest absolute Gasteiger partial charge is 0.311 e.